The van der Waals surface area contributed by atoms with E-state index in [9.17, 15) is 4.79 Å². The zero-order chi connectivity index (χ0) is 19.1. The Labute approximate surface area is 161 Å². The van der Waals surface area contributed by atoms with Gasteiger partial charge < -0.3 is 4.90 Å². The molecule has 0 radical (unpaired) electrons. The van der Waals surface area contributed by atoms with Crippen molar-refractivity contribution >= 4 is 17.8 Å². The molecule has 0 spiro atoms. The van der Waals surface area contributed by atoms with Crippen LogP contribution in [0.15, 0.2) is 71.3 Å². The highest BCUT2D eigenvalue weighted by atomic mass is 16.2. The van der Waals surface area contributed by atoms with Gasteiger partial charge in [0.25, 0.3) is 5.91 Å². The van der Waals surface area contributed by atoms with Crippen LogP contribution in [0.25, 0.3) is 0 Å². The standard InChI is InChI=1S/C22H26N4O/c1-25(2)21-10-8-18(9-11-21)16-23-24-22(27)20-12-14-26(15-13-20)17-19-6-4-3-5-7-19/h3-12,16H,13-15,17H2,1-2H3,(H,24,27). The van der Waals surface area contributed by atoms with E-state index in [0.717, 1.165) is 42.9 Å². The number of nitrogens with zero attached hydrogens (tertiary/aromatic N) is 3. The van der Waals surface area contributed by atoms with Crippen LogP contribution >= 0.6 is 0 Å². The SMILES string of the molecule is CN(C)c1ccc(C=NNC(=O)C2=CCN(Cc3ccccc3)CC2)cc1. The van der Waals surface area contributed by atoms with Gasteiger partial charge in [-0.1, -0.05) is 48.5 Å². The Morgan fingerprint density at radius 2 is 1.89 bits per heavy atom. The number of carbonyl (C=O) groups excluding carboxylic acids is 1. The van der Waals surface area contributed by atoms with Gasteiger partial charge in [-0.05, 0) is 29.7 Å². The predicted molar refractivity (Wildman–Crippen MR) is 111 cm³/mol. The molecule has 0 saturated heterocycles. The molecule has 1 amide bonds. The lowest BCUT2D eigenvalue weighted by molar-refractivity contribution is -0.117. The van der Waals surface area contributed by atoms with Crippen molar-refractivity contribution in [3.63, 3.8) is 0 Å². The Morgan fingerprint density at radius 3 is 2.52 bits per heavy atom. The van der Waals surface area contributed by atoms with Gasteiger partial charge >= 0.3 is 0 Å². The Hall–Kier alpha value is -2.92. The second-order valence-corrected chi connectivity index (χ2v) is 6.89. The minimum Gasteiger partial charge on any atom is -0.378 e. The maximum Gasteiger partial charge on any atom is 0.267 e. The summed E-state index contributed by atoms with van der Waals surface area (Å²) in [5.74, 6) is -0.115. The van der Waals surface area contributed by atoms with Gasteiger partial charge in [0.1, 0.15) is 0 Å². The molecule has 0 atom stereocenters. The summed E-state index contributed by atoms with van der Waals surface area (Å²) in [5.41, 5.74) is 6.82. The molecule has 0 aromatic heterocycles. The third kappa shape index (κ3) is 5.53. The number of amides is 1. The quantitative estimate of drug-likeness (QED) is 0.635. The third-order valence-electron chi connectivity index (χ3n) is 4.62. The van der Waals surface area contributed by atoms with Crippen LogP contribution in [0, 0.1) is 0 Å². The fourth-order valence-electron chi connectivity index (χ4n) is 3.00. The molecule has 1 heterocycles. The van der Waals surface area contributed by atoms with E-state index in [1.165, 1.54) is 5.56 Å². The highest BCUT2D eigenvalue weighted by Gasteiger charge is 2.16. The summed E-state index contributed by atoms with van der Waals surface area (Å²) >= 11 is 0. The molecule has 2 aromatic carbocycles. The summed E-state index contributed by atoms with van der Waals surface area (Å²) in [6, 6.07) is 18.4. The summed E-state index contributed by atoms with van der Waals surface area (Å²) in [7, 11) is 4.00. The molecule has 0 saturated carbocycles. The number of carbonyl (C=O) groups is 1. The largest absolute Gasteiger partial charge is 0.378 e. The molecule has 0 unspecified atom stereocenters. The van der Waals surface area contributed by atoms with E-state index < -0.39 is 0 Å². The minimum atomic E-state index is -0.115. The number of hydrogen-bond donors (Lipinski definition) is 1. The van der Waals surface area contributed by atoms with Gasteiger partial charge in [-0.15, -0.1) is 0 Å². The van der Waals surface area contributed by atoms with Crippen molar-refractivity contribution in [1.82, 2.24) is 10.3 Å². The van der Waals surface area contributed by atoms with Gasteiger partial charge in [0, 0.05) is 45.0 Å². The smallest absolute Gasteiger partial charge is 0.267 e. The molecule has 0 bridgehead atoms. The van der Waals surface area contributed by atoms with Crippen molar-refractivity contribution in [1.29, 1.82) is 0 Å². The first-order valence-corrected chi connectivity index (χ1v) is 9.18. The van der Waals surface area contributed by atoms with E-state index in [1.807, 2.05) is 55.4 Å². The summed E-state index contributed by atoms with van der Waals surface area (Å²) in [4.78, 5) is 16.7. The molecular formula is C22H26N4O. The van der Waals surface area contributed by atoms with Crippen molar-refractivity contribution < 1.29 is 4.79 Å². The first-order chi connectivity index (χ1) is 13.1. The predicted octanol–water partition coefficient (Wildman–Crippen LogP) is 3.04. The summed E-state index contributed by atoms with van der Waals surface area (Å²) < 4.78 is 0. The summed E-state index contributed by atoms with van der Waals surface area (Å²) in [5, 5.41) is 4.09. The van der Waals surface area contributed by atoms with Gasteiger partial charge in [0.2, 0.25) is 0 Å². The highest BCUT2D eigenvalue weighted by Crippen LogP contribution is 2.14. The summed E-state index contributed by atoms with van der Waals surface area (Å²) in [6.07, 6.45) is 4.41. The van der Waals surface area contributed by atoms with Crippen molar-refractivity contribution in [2.75, 3.05) is 32.1 Å². The van der Waals surface area contributed by atoms with Crippen LogP contribution in [0.2, 0.25) is 0 Å². The first kappa shape index (κ1) is 18.9. The molecule has 1 aliphatic rings. The molecule has 1 N–H and O–H groups in total. The lowest BCUT2D eigenvalue weighted by Crippen LogP contribution is -2.32. The number of rotatable bonds is 6. The van der Waals surface area contributed by atoms with E-state index in [2.05, 4.69) is 39.7 Å². The molecule has 27 heavy (non-hydrogen) atoms. The van der Waals surface area contributed by atoms with Crippen LogP contribution in [-0.4, -0.2) is 44.2 Å². The molecule has 5 heteroatoms. The van der Waals surface area contributed by atoms with E-state index in [4.69, 9.17) is 0 Å². The van der Waals surface area contributed by atoms with Crippen LogP contribution in [0.3, 0.4) is 0 Å². The molecule has 0 fully saturated rings. The zero-order valence-electron chi connectivity index (χ0n) is 15.9. The van der Waals surface area contributed by atoms with Crippen LogP contribution in [0.4, 0.5) is 5.69 Å². The van der Waals surface area contributed by atoms with Gasteiger partial charge in [-0.2, -0.15) is 5.10 Å². The van der Waals surface area contributed by atoms with Gasteiger partial charge in [0.15, 0.2) is 0 Å². The van der Waals surface area contributed by atoms with E-state index in [1.54, 1.807) is 6.21 Å². The Kier molecular flexibility index (Phi) is 6.39. The van der Waals surface area contributed by atoms with Crippen LogP contribution in [-0.2, 0) is 11.3 Å². The number of nitrogens with one attached hydrogen (secondary N) is 1. The molecular weight excluding hydrogens is 336 g/mol. The second-order valence-electron chi connectivity index (χ2n) is 6.89. The normalized spacial score (nSPS) is 14.8. The number of benzene rings is 2. The molecule has 0 aliphatic carbocycles. The van der Waals surface area contributed by atoms with Crippen molar-refractivity contribution in [3.8, 4) is 0 Å². The lowest BCUT2D eigenvalue weighted by atomic mass is 10.1. The monoisotopic (exact) mass is 362 g/mol. The highest BCUT2D eigenvalue weighted by molar-refractivity contribution is 5.94. The third-order valence-corrected chi connectivity index (χ3v) is 4.62. The van der Waals surface area contributed by atoms with Crippen molar-refractivity contribution in [2.24, 2.45) is 5.10 Å². The Morgan fingerprint density at radius 1 is 1.15 bits per heavy atom. The fraction of sp³-hybridized carbons (Fsp3) is 0.273. The minimum absolute atomic E-state index is 0.115. The van der Waals surface area contributed by atoms with Crippen LogP contribution in [0.5, 0.6) is 0 Å². The van der Waals surface area contributed by atoms with Gasteiger partial charge in [0.05, 0.1) is 6.21 Å². The van der Waals surface area contributed by atoms with Crippen LogP contribution < -0.4 is 10.3 Å². The van der Waals surface area contributed by atoms with Gasteiger partial charge in [-0.3, -0.25) is 9.69 Å². The number of anilines is 1. The van der Waals surface area contributed by atoms with E-state index in [0.29, 0.717) is 0 Å². The van der Waals surface area contributed by atoms with E-state index in [-0.39, 0.29) is 5.91 Å². The molecule has 2 aromatic rings. The topological polar surface area (TPSA) is 47.9 Å². The lowest BCUT2D eigenvalue weighted by Gasteiger charge is -2.25. The maximum absolute atomic E-state index is 12.3. The first-order valence-electron chi connectivity index (χ1n) is 9.18. The van der Waals surface area contributed by atoms with Crippen molar-refractivity contribution in [3.05, 3.63) is 77.4 Å². The number of hydrogen-bond acceptors (Lipinski definition) is 4. The average molecular weight is 362 g/mol. The molecule has 140 valence electrons. The molecule has 5 nitrogen and oxygen atoms in total. The molecule has 3 rings (SSSR count). The average Bonchev–Trinajstić information content (AvgIpc) is 2.69. The Balaban J connectivity index is 1.48. The summed E-state index contributed by atoms with van der Waals surface area (Å²) in [6.45, 7) is 2.57. The fourth-order valence-corrected chi connectivity index (χ4v) is 3.00. The molecule has 1 aliphatic heterocycles. The number of hydrazone groups is 1. The zero-order valence-corrected chi connectivity index (χ0v) is 15.9. The second kappa shape index (κ2) is 9.14. The Bertz CT molecular complexity index is 810. The van der Waals surface area contributed by atoms with E-state index >= 15 is 0 Å². The van der Waals surface area contributed by atoms with Gasteiger partial charge in [-0.25, -0.2) is 5.43 Å². The van der Waals surface area contributed by atoms with Crippen molar-refractivity contribution in [2.45, 2.75) is 13.0 Å². The maximum atomic E-state index is 12.3. The van der Waals surface area contributed by atoms with Crippen LogP contribution in [0.1, 0.15) is 17.5 Å².